The van der Waals surface area contributed by atoms with Gasteiger partial charge in [-0.2, -0.15) is 0 Å². The maximum absolute atomic E-state index is 5.65. The van der Waals surface area contributed by atoms with Gasteiger partial charge < -0.3 is 5.73 Å². The first-order valence-electron chi connectivity index (χ1n) is 2.94. The van der Waals surface area contributed by atoms with Gasteiger partial charge in [-0.25, -0.2) is 0 Å². The van der Waals surface area contributed by atoms with Crippen LogP contribution < -0.4 is 10.8 Å². The average molecular weight is 134 g/mol. The summed E-state index contributed by atoms with van der Waals surface area (Å²) in [5.41, 5.74) is 5.65. The number of hydrogen-bond donors (Lipinski definition) is 2. The minimum atomic E-state index is 0.285. The van der Waals surface area contributed by atoms with Crippen molar-refractivity contribution < 1.29 is 0 Å². The van der Waals surface area contributed by atoms with Crippen molar-refractivity contribution in [3.8, 4) is 0 Å². The first-order chi connectivity index (χ1) is 3.72. The summed E-state index contributed by atoms with van der Waals surface area (Å²) in [6.45, 7) is 4.16. The van der Waals surface area contributed by atoms with Crippen molar-refractivity contribution in [2.24, 2.45) is 5.73 Å². The minimum absolute atomic E-state index is 0.285. The molecule has 0 aliphatic carbocycles. The largest absolute Gasteiger partial charge is 0.326 e. The van der Waals surface area contributed by atoms with Gasteiger partial charge in [-0.15, -0.1) is 0 Å². The molecule has 0 saturated carbocycles. The molecule has 0 heterocycles. The van der Waals surface area contributed by atoms with E-state index in [2.05, 4.69) is 28.3 Å². The molecular formula is C5H15N2P. The second-order valence-electron chi connectivity index (χ2n) is 2.03. The number of nitrogens with two attached hydrogens (primary N) is 1. The Balaban J connectivity index is 3.29. The van der Waals surface area contributed by atoms with Gasteiger partial charge in [0.1, 0.15) is 0 Å². The third-order valence-electron chi connectivity index (χ3n) is 1.38. The van der Waals surface area contributed by atoms with Crippen LogP contribution in [0, 0.1) is 0 Å². The predicted molar refractivity (Wildman–Crippen MR) is 40.6 cm³/mol. The van der Waals surface area contributed by atoms with E-state index in [0.29, 0.717) is 6.04 Å². The summed E-state index contributed by atoms with van der Waals surface area (Å²) in [5.74, 6) is 0. The van der Waals surface area contributed by atoms with Crippen LogP contribution in [0.4, 0.5) is 0 Å². The summed E-state index contributed by atoms with van der Waals surface area (Å²) < 4.78 is 0. The molecule has 0 aromatic heterocycles. The summed E-state index contributed by atoms with van der Waals surface area (Å²) in [7, 11) is 2.46. The normalized spacial score (nSPS) is 18.0. The van der Waals surface area contributed by atoms with Gasteiger partial charge in [0.15, 0.2) is 0 Å². The molecule has 3 heteroatoms. The van der Waals surface area contributed by atoms with Crippen molar-refractivity contribution in [1.82, 2.24) is 5.09 Å². The van der Waals surface area contributed by atoms with Crippen LogP contribution in [0.5, 0.6) is 0 Å². The second kappa shape index (κ2) is 4.25. The SMILES string of the molecule is CC[C@@H](N)[C@H](C)NP. The Labute approximate surface area is 53.5 Å². The van der Waals surface area contributed by atoms with E-state index in [1.807, 2.05) is 0 Å². The minimum Gasteiger partial charge on any atom is -0.326 e. The molecule has 0 aliphatic heterocycles. The number of rotatable bonds is 3. The van der Waals surface area contributed by atoms with Crippen molar-refractivity contribution in [3.63, 3.8) is 0 Å². The maximum atomic E-state index is 5.65. The fraction of sp³-hybridized carbons (Fsp3) is 1.00. The molecule has 0 spiro atoms. The smallest absolute Gasteiger partial charge is 0.0222 e. The molecular weight excluding hydrogens is 119 g/mol. The Bertz CT molecular complexity index is 50.4. The molecule has 8 heavy (non-hydrogen) atoms. The third-order valence-corrected chi connectivity index (χ3v) is 1.90. The Morgan fingerprint density at radius 3 is 2.38 bits per heavy atom. The van der Waals surface area contributed by atoms with Crippen LogP contribution in [-0.4, -0.2) is 12.1 Å². The number of hydrogen-bond acceptors (Lipinski definition) is 2. The molecule has 0 saturated heterocycles. The number of nitrogens with one attached hydrogen (secondary N) is 1. The van der Waals surface area contributed by atoms with Gasteiger partial charge in [0.2, 0.25) is 0 Å². The van der Waals surface area contributed by atoms with Crippen molar-refractivity contribution in [3.05, 3.63) is 0 Å². The molecule has 3 N–H and O–H groups in total. The average Bonchev–Trinajstić information content (AvgIpc) is 1.84. The van der Waals surface area contributed by atoms with E-state index in [0.717, 1.165) is 6.42 Å². The quantitative estimate of drug-likeness (QED) is 0.551. The summed E-state index contributed by atoms with van der Waals surface area (Å²) in [6, 6.07) is 0.692. The van der Waals surface area contributed by atoms with Gasteiger partial charge in [0.25, 0.3) is 0 Å². The summed E-state index contributed by atoms with van der Waals surface area (Å²) >= 11 is 0. The fourth-order valence-corrected chi connectivity index (χ4v) is 0.724. The van der Waals surface area contributed by atoms with Crippen LogP contribution in [0.1, 0.15) is 20.3 Å². The Morgan fingerprint density at radius 2 is 2.25 bits per heavy atom. The van der Waals surface area contributed by atoms with E-state index in [4.69, 9.17) is 5.73 Å². The Morgan fingerprint density at radius 1 is 1.75 bits per heavy atom. The molecule has 0 bridgehead atoms. The molecule has 0 amide bonds. The van der Waals surface area contributed by atoms with Crippen LogP contribution in [0.3, 0.4) is 0 Å². The van der Waals surface area contributed by atoms with Gasteiger partial charge in [-0.1, -0.05) is 16.3 Å². The Hall–Kier alpha value is 0.350. The highest BCUT2D eigenvalue weighted by Crippen LogP contribution is 1.94. The van der Waals surface area contributed by atoms with Crippen molar-refractivity contribution >= 4 is 9.39 Å². The van der Waals surface area contributed by atoms with E-state index >= 15 is 0 Å². The first kappa shape index (κ1) is 8.35. The fourth-order valence-electron chi connectivity index (χ4n) is 0.477. The molecule has 3 atom stereocenters. The van der Waals surface area contributed by atoms with Crippen LogP contribution in [0.15, 0.2) is 0 Å². The highest BCUT2D eigenvalue weighted by molar-refractivity contribution is 7.13. The van der Waals surface area contributed by atoms with Gasteiger partial charge >= 0.3 is 0 Å². The lowest BCUT2D eigenvalue weighted by molar-refractivity contribution is 0.520. The van der Waals surface area contributed by atoms with Gasteiger partial charge in [0.05, 0.1) is 0 Å². The van der Waals surface area contributed by atoms with E-state index in [1.165, 1.54) is 0 Å². The lowest BCUT2D eigenvalue weighted by Crippen LogP contribution is -2.38. The highest BCUT2D eigenvalue weighted by Gasteiger charge is 2.05. The maximum Gasteiger partial charge on any atom is 0.0222 e. The van der Waals surface area contributed by atoms with Crippen LogP contribution >= 0.6 is 9.39 Å². The molecule has 0 radical (unpaired) electrons. The summed E-state index contributed by atoms with van der Waals surface area (Å²) in [6.07, 6.45) is 1.03. The Kier molecular flexibility index (Phi) is 4.44. The van der Waals surface area contributed by atoms with E-state index < -0.39 is 0 Å². The van der Waals surface area contributed by atoms with E-state index in [1.54, 1.807) is 0 Å². The van der Waals surface area contributed by atoms with Gasteiger partial charge in [0, 0.05) is 12.1 Å². The molecule has 0 fully saturated rings. The summed E-state index contributed by atoms with van der Waals surface area (Å²) in [5, 5.41) is 3.01. The molecule has 0 aromatic rings. The molecule has 0 aliphatic rings. The standard InChI is InChI=1S/C5H15N2P/c1-3-5(6)4(2)7-8/h4-5,7H,3,6,8H2,1-2H3/t4-,5+/m0/s1. The lowest BCUT2D eigenvalue weighted by atomic mass is 10.1. The van der Waals surface area contributed by atoms with Crippen LogP contribution in [0.2, 0.25) is 0 Å². The first-order valence-corrected chi connectivity index (χ1v) is 3.51. The molecule has 1 unspecified atom stereocenters. The van der Waals surface area contributed by atoms with Gasteiger partial charge in [-0.05, 0) is 13.3 Å². The van der Waals surface area contributed by atoms with Crippen molar-refractivity contribution in [2.75, 3.05) is 0 Å². The molecule has 2 nitrogen and oxygen atoms in total. The lowest BCUT2D eigenvalue weighted by Gasteiger charge is -2.16. The van der Waals surface area contributed by atoms with E-state index in [9.17, 15) is 0 Å². The molecule has 0 rings (SSSR count). The topological polar surface area (TPSA) is 38.0 Å². The van der Waals surface area contributed by atoms with Crippen molar-refractivity contribution in [1.29, 1.82) is 0 Å². The zero-order chi connectivity index (χ0) is 6.57. The van der Waals surface area contributed by atoms with Crippen molar-refractivity contribution in [2.45, 2.75) is 32.4 Å². The zero-order valence-corrected chi connectivity index (χ0v) is 6.67. The predicted octanol–water partition coefficient (Wildman–Crippen LogP) is 0.492. The zero-order valence-electron chi connectivity index (χ0n) is 5.52. The summed E-state index contributed by atoms with van der Waals surface area (Å²) in [4.78, 5) is 0. The second-order valence-corrected chi connectivity index (χ2v) is 2.36. The van der Waals surface area contributed by atoms with E-state index in [-0.39, 0.29) is 6.04 Å². The molecule has 50 valence electrons. The third kappa shape index (κ3) is 2.61. The van der Waals surface area contributed by atoms with Crippen LogP contribution in [-0.2, 0) is 0 Å². The monoisotopic (exact) mass is 134 g/mol. The van der Waals surface area contributed by atoms with Crippen LogP contribution in [0.25, 0.3) is 0 Å². The van der Waals surface area contributed by atoms with Gasteiger partial charge in [-0.3, -0.25) is 5.09 Å². The highest BCUT2D eigenvalue weighted by atomic mass is 31.0. The molecule has 0 aromatic carbocycles.